The number of hydrogen-bond donors (Lipinski definition) is 3. The molecule has 0 aliphatic carbocycles. The lowest BCUT2D eigenvalue weighted by Gasteiger charge is -2.13. The van der Waals surface area contributed by atoms with Gasteiger partial charge in [-0.1, -0.05) is 15.9 Å². The van der Waals surface area contributed by atoms with E-state index in [-0.39, 0.29) is 5.56 Å². The smallest absolute Gasteiger partial charge is 0.328 e. The molecular formula is C11H12BrNO5. The average Bonchev–Trinajstić information content (AvgIpc) is 2.34. The number of aliphatic hydroxyl groups excluding tert-OH is 1. The molecule has 0 fully saturated rings. The number of hydrogen-bond acceptors (Lipinski definition) is 4. The number of aliphatic carboxylic acids is 1. The molecule has 0 heterocycles. The minimum atomic E-state index is -1.34. The van der Waals surface area contributed by atoms with Crippen LogP contribution < -0.4 is 10.1 Å². The van der Waals surface area contributed by atoms with Crippen molar-refractivity contribution in [2.24, 2.45) is 0 Å². The average molecular weight is 318 g/mol. The van der Waals surface area contributed by atoms with Crippen LogP contribution in [0.5, 0.6) is 5.75 Å². The van der Waals surface area contributed by atoms with Gasteiger partial charge in [-0.05, 0) is 18.2 Å². The maximum atomic E-state index is 11.8. The minimum absolute atomic E-state index is 0.195. The van der Waals surface area contributed by atoms with Crippen LogP contribution in [0, 0.1) is 0 Å². The number of benzene rings is 1. The van der Waals surface area contributed by atoms with E-state index in [0.717, 1.165) is 4.47 Å². The monoisotopic (exact) mass is 317 g/mol. The van der Waals surface area contributed by atoms with Crippen molar-refractivity contribution in [1.29, 1.82) is 0 Å². The van der Waals surface area contributed by atoms with Crippen LogP contribution in [-0.2, 0) is 4.79 Å². The van der Waals surface area contributed by atoms with Gasteiger partial charge in [0.15, 0.2) is 6.04 Å². The molecule has 98 valence electrons. The molecule has 1 amide bonds. The van der Waals surface area contributed by atoms with E-state index in [9.17, 15) is 9.59 Å². The van der Waals surface area contributed by atoms with Crippen molar-refractivity contribution in [2.45, 2.75) is 6.04 Å². The first kappa shape index (κ1) is 14.5. The Bertz CT molecular complexity index is 463. The second-order valence-corrected chi connectivity index (χ2v) is 4.31. The summed E-state index contributed by atoms with van der Waals surface area (Å²) in [7, 11) is 1.40. The van der Waals surface area contributed by atoms with Crippen molar-refractivity contribution >= 4 is 27.8 Å². The molecule has 1 aromatic rings. The molecule has 1 aromatic carbocycles. The van der Waals surface area contributed by atoms with E-state index < -0.39 is 24.5 Å². The molecule has 0 saturated carbocycles. The standard InChI is InChI=1S/C11H12BrNO5/c1-18-9-4-6(12)2-3-7(9)10(15)13-8(5-14)11(16)17/h2-4,8,14H,5H2,1H3,(H,13,15)(H,16,17)/t8-/m1/s1. The summed E-state index contributed by atoms with van der Waals surface area (Å²) in [4.78, 5) is 22.5. The van der Waals surface area contributed by atoms with Crippen LogP contribution in [0.4, 0.5) is 0 Å². The largest absolute Gasteiger partial charge is 0.496 e. The Labute approximate surface area is 112 Å². The number of nitrogens with one attached hydrogen (secondary N) is 1. The first-order chi connectivity index (χ1) is 8.49. The first-order valence-electron chi connectivity index (χ1n) is 4.97. The molecule has 1 rings (SSSR count). The third-order valence-corrected chi connectivity index (χ3v) is 2.69. The maximum absolute atomic E-state index is 11.8. The number of rotatable bonds is 5. The Morgan fingerprint density at radius 3 is 2.67 bits per heavy atom. The van der Waals surface area contributed by atoms with Crippen LogP contribution in [0.2, 0.25) is 0 Å². The predicted octanol–water partition coefficient (Wildman–Crippen LogP) is 0.633. The van der Waals surface area contributed by atoms with Crippen molar-refractivity contribution in [3.05, 3.63) is 28.2 Å². The normalized spacial score (nSPS) is 11.7. The molecule has 0 aliphatic rings. The van der Waals surface area contributed by atoms with Gasteiger partial charge in [0.2, 0.25) is 0 Å². The molecule has 0 saturated heterocycles. The van der Waals surface area contributed by atoms with Crippen LogP contribution in [0.3, 0.4) is 0 Å². The maximum Gasteiger partial charge on any atom is 0.328 e. The Kier molecular flexibility index (Phi) is 5.11. The van der Waals surface area contributed by atoms with Crippen molar-refractivity contribution in [2.75, 3.05) is 13.7 Å². The highest BCUT2D eigenvalue weighted by molar-refractivity contribution is 9.10. The van der Waals surface area contributed by atoms with Crippen molar-refractivity contribution in [3.63, 3.8) is 0 Å². The number of amides is 1. The molecule has 0 unspecified atom stereocenters. The summed E-state index contributed by atoms with van der Waals surface area (Å²) in [6.07, 6.45) is 0. The fourth-order valence-corrected chi connectivity index (χ4v) is 1.61. The highest BCUT2D eigenvalue weighted by Crippen LogP contribution is 2.23. The quantitative estimate of drug-likeness (QED) is 0.740. The molecule has 0 radical (unpaired) electrons. The van der Waals surface area contributed by atoms with Crippen molar-refractivity contribution in [1.82, 2.24) is 5.32 Å². The molecule has 6 nitrogen and oxygen atoms in total. The van der Waals surface area contributed by atoms with E-state index in [0.29, 0.717) is 5.75 Å². The molecule has 0 spiro atoms. The Hall–Kier alpha value is -1.60. The van der Waals surface area contributed by atoms with Gasteiger partial charge in [-0.15, -0.1) is 0 Å². The third-order valence-electron chi connectivity index (χ3n) is 2.19. The summed E-state index contributed by atoms with van der Waals surface area (Å²) in [5.41, 5.74) is 0.195. The lowest BCUT2D eigenvalue weighted by molar-refractivity contribution is -0.140. The summed E-state index contributed by atoms with van der Waals surface area (Å²) < 4.78 is 5.75. The Morgan fingerprint density at radius 2 is 2.17 bits per heavy atom. The second-order valence-electron chi connectivity index (χ2n) is 3.39. The number of carbonyl (C=O) groups is 2. The van der Waals surface area contributed by atoms with E-state index in [1.165, 1.54) is 13.2 Å². The van der Waals surface area contributed by atoms with E-state index in [1.54, 1.807) is 12.1 Å². The summed E-state index contributed by atoms with van der Waals surface area (Å²) in [6, 6.07) is 3.37. The SMILES string of the molecule is COc1cc(Br)ccc1C(=O)N[C@H](CO)C(=O)O. The number of halogens is 1. The number of methoxy groups -OCH3 is 1. The van der Waals surface area contributed by atoms with Crippen LogP contribution in [-0.4, -0.2) is 41.8 Å². The molecule has 18 heavy (non-hydrogen) atoms. The molecule has 0 aliphatic heterocycles. The Morgan fingerprint density at radius 1 is 1.50 bits per heavy atom. The van der Waals surface area contributed by atoms with Gasteiger partial charge in [-0.3, -0.25) is 4.79 Å². The van der Waals surface area contributed by atoms with E-state index in [1.807, 2.05) is 0 Å². The fourth-order valence-electron chi connectivity index (χ4n) is 1.27. The van der Waals surface area contributed by atoms with Gasteiger partial charge in [0.1, 0.15) is 5.75 Å². The van der Waals surface area contributed by atoms with Gasteiger partial charge in [0, 0.05) is 4.47 Å². The number of carboxylic acids is 1. The zero-order valence-electron chi connectivity index (χ0n) is 9.51. The van der Waals surface area contributed by atoms with E-state index in [2.05, 4.69) is 21.2 Å². The number of carbonyl (C=O) groups excluding carboxylic acids is 1. The van der Waals surface area contributed by atoms with Gasteiger partial charge < -0.3 is 20.3 Å². The highest BCUT2D eigenvalue weighted by atomic mass is 79.9. The lowest BCUT2D eigenvalue weighted by Crippen LogP contribution is -2.43. The Balaban J connectivity index is 2.93. The zero-order valence-corrected chi connectivity index (χ0v) is 11.1. The van der Waals surface area contributed by atoms with Gasteiger partial charge in [0.25, 0.3) is 5.91 Å². The van der Waals surface area contributed by atoms with Crippen molar-refractivity contribution < 1.29 is 24.5 Å². The number of carboxylic acid groups (broad SMARTS) is 1. The topological polar surface area (TPSA) is 95.9 Å². The van der Waals surface area contributed by atoms with Crippen molar-refractivity contribution in [3.8, 4) is 5.75 Å². The molecular weight excluding hydrogens is 306 g/mol. The minimum Gasteiger partial charge on any atom is -0.496 e. The van der Waals surface area contributed by atoms with Gasteiger partial charge >= 0.3 is 5.97 Å². The molecule has 7 heteroatoms. The fraction of sp³-hybridized carbons (Fsp3) is 0.273. The molecule has 3 N–H and O–H groups in total. The van der Waals surface area contributed by atoms with E-state index >= 15 is 0 Å². The van der Waals surface area contributed by atoms with E-state index in [4.69, 9.17) is 14.9 Å². The van der Waals surface area contributed by atoms with Gasteiger partial charge in [-0.25, -0.2) is 4.79 Å². The number of ether oxygens (including phenoxy) is 1. The molecule has 1 atom stereocenters. The summed E-state index contributed by atoms with van der Waals surface area (Å²) in [5, 5.41) is 19.7. The second kappa shape index (κ2) is 6.36. The van der Waals surface area contributed by atoms with Gasteiger partial charge in [0.05, 0.1) is 19.3 Å². The van der Waals surface area contributed by atoms with Crippen LogP contribution in [0.1, 0.15) is 10.4 Å². The predicted molar refractivity (Wildman–Crippen MR) is 66.7 cm³/mol. The molecule has 0 aromatic heterocycles. The third kappa shape index (κ3) is 3.44. The summed E-state index contributed by atoms with van der Waals surface area (Å²) in [6.45, 7) is -0.681. The summed E-state index contributed by atoms with van der Waals surface area (Å²) >= 11 is 3.23. The summed E-state index contributed by atoms with van der Waals surface area (Å²) in [5.74, 6) is -1.62. The molecule has 0 bridgehead atoms. The first-order valence-corrected chi connectivity index (χ1v) is 5.77. The van der Waals surface area contributed by atoms with Gasteiger partial charge in [-0.2, -0.15) is 0 Å². The van der Waals surface area contributed by atoms with Crippen LogP contribution in [0.25, 0.3) is 0 Å². The van der Waals surface area contributed by atoms with Crippen LogP contribution in [0.15, 0.2) is 22.7 Å². The number of aliphatic hydroxyl groups is 1. The lowest BCUT2D eigenvalue weighted by atomic mass is 10.1. The highest BCUT2D eigenvalue weighted by Gasteiger charge is 2.21. The van der Waals surface area contributed by atoms with Crippen LogP contribution >= 0.6 is 15.9 Å². The zero-order chi connectivity index (χ0) is 13.7.